The molecule has 0 aliphatic carbocycles. The first-order valence-corrected chi connectivity index (χ1v) is 20.3. The summed E-state index contributed by atoms with van der Waals surface area (Å²) in [6.45, 7) is -0.145. The molecule has 0 N–H and O–H groups in total. The number of halogens is 3. The van der Waals surface area contributed by atoms with E-state index >= 15 is 0 Å². The first-order valence-electron chi connectivity index (χ1n) is 20.3. The van der Waals surface area contributed by atoms with Crippen molar-refractivity contribution in [1.82, 2.24) is 0 Å². The topological polar surface area (TPSA) is 30.9 Å². The molecule has 9 rings (SSSR count). The SMILES string of the molecule is COc1ccc(C#Cc2ccc3c4c(c(C#Cc5ccccc5)cc3c2)OCOc2c(C#Cc3ccc(C(F)(F)F)cc3)cc3cc(C#Cc5ccc(N(C)C)cc5)ccc3c2-4)cc1. The predicted octanol–water partition coefficient (Wildman–Crippen LogP) is 12.1. The molecule has 0 radical (unpaired) electrons. The lowest BCUT2D eigenvalue weighted by Gasteiger charge is -2.17. The third kappa shape index (κ3) is 8.80. The van der Waals surface area contributed by atoms with E-state index < -0.39 is 11.7 Å². The molecule has 0 saturated heterocycles. The molecular weight excluding hydrogens is 804 g/mol. The summed E-state index contributed by atoms with van der Waals surface area (Å²) < 4.78 is 58.6. The van der Waals surface area contributed by atoms with Gasteiger partial charge in [-0.15, -0.1) is 0 Å². The molecule has 0 saturated carbocycles. The normalized spacial score (nSPS) is 11.3. The Labute approximate surface area is 369 Å². The number of ether oxygens (including phenoxy) is 3. The van der Waals surface area contributed by atoms with Gasteiger partial charge in [0, 0.05) is 64.3 Å². The second kappa shape index (κ2) is 17.5. The summed E-state index contributed by atoms with van der Waals surface area (Å²) in [5, 5.41) is 3.45. The number of benzene rings is 8. The van der Waals surface area contributed by atoms with Gasteiger partial charge in [-0.2, -0.15) is 13.2 Å². The minimum atomic E-state index is -4.46. The van der Waals surface area contributed by atoms with Gasteiger partial charge in [-0.25, -0.2) is 0 Å². The van der Waals surface area contributed by atoms with Crippen molar-refractivity contribution in [3.05, 3.63) is 202 Å². The van der Waals surface area contributed by atoms with Crippen molar-refractivity contribution in [2.24, 2.45) is 0 Å². The maximum absolute atomic E-state index is 13.4. The van der Waals surface area contributed by atoms with Gasteiger partial charge in [-0.05, 0) is 143 Å². The smallest absolute Gasteiger partial charge is 0.416 e. The molecule has 8 aromatic rings. The Balaban J connectivity index is 1.26. The van der Waals surface area contributed by atoms with Crippen LogP contribution in [0.4, 0.5) is 18.9 Å². The average molecular weight is 840 g/mol. The number of anilines is 1. The van der Waals surface area contributed by atoms with E-state index in [0.29, 0.717) is 28.2 Å². The molecule has 0 amide bonds. The molecule has 1 aliphatic heterocycles. The summed E-state index contributed by atoms with van der Waals surface area (Å²) in [5.74, 6) is 28.0. The van der Waals surface area contributed by atoms with Crippen molar-refractivity contribution >= 4 is 27.2 Å². The van der Waals surface area contributed by atoms with E-state index in [0.717, 1.165) is 84.1 Å². The molecule has 64 heavy (non-hydrogen) atoms. The predicted molar refractivity (Wildman–Crippen MR) is 249 cm³/mol. The lowest BCUT2D eigenvalue weighted by molar-refractivity contribution is -0.137. The molecule has 4 nitrogen and oxygen atoms in total. The van der Waals surface area contributed by atoms with Gasteiger partial charge in [0.1, 0.15) is 17.2 Å². The van der Waals surface area contributed by atoms with E-state index in [9.17, 15) is 13.2 Å². The van der Waals surface area contributed by atoms with Crippen molar-refractivity contribution in [2.75, 3.05) is 32.9 Å². The fourth-order valence-corrected chi connectivity index (χ4v) is 7.41. The fraction of sp³-hybridized carbons (Fsp3) is 0.0877. The first kappa shape index (κ1) is 40.9. The Morgan fingerprint density at radius 1 is 0.484 bits per heavy atom. The van der Waals surface area contributed by atoms with Gasteiger partial charge >= 0.3 is 6.18 Å². The van der Waals surface area contributed by atoms with Crippen molar-refractivity contribution < 1.29 is 27.4 Å². The van der Waals surface area contributed by atoms with Crippen LogP contribution in [0.1, 0.15) is 50.1 Å². The van der Waals surface area contributed by atoms with Crippen LogP contribution in [0.25, 0.3) is 32.7 Å². The second-order valence-corrected chi connectivity index (χ2v) is 15.1. The number of methoxy groups -OCH3 is 1. The van der Waals surface area contributed by atoms with E-state index in [1.807, 2.05) is 146 Å². The van der Waals surface area contributed by atoms with Crippen LogP contribution >= 0.6 is 0 Å². The molecule has 308 valence electrons. The van der Waals surface area contributed by atoms with Crippen LogP contribution in [0, 0.1) is 47.4 Å². The Kier molecular flexibility index (Phi) is 11.2. The van der Waals surface area contributed by atoms with Crippen molar-refractivity contribution in [3.8, 4) is 75.7 Å². The van der Waals surface area contributed by atoms with Crippen LogP contribution in [0.5, 0.6) is 17.2 Å². The van der Waals surface area contributed by atoms with E-state index in [2.05, 4.69) is 47.4 Å². The Bertz CT molecular complexity index is 3350. The Morgan fingerprint density at radius 3 is 1.38 bits per heavy atom. The molecule has 0 spiro atoms. The molecule has 0 atom stereocenters. The Hall–Kier alpha value is -8.49. The zero-order valence-corrected chi connectivity index (χ0v) is 34.9. The van der Waals surface area contributed by atoms with Crippen molar-refractivity contribution in [3.63, 3.8) is 0 Å². The third-order valence-electron chi connectivity index (χ3n) is 10.7. The molecule has 8 aromatic carbocycles. The highest BCUT2D eigenvalue weighted by atomic mass is 19.4. The molecule has 0 unspecified atom stereocenters. The highest BCUT2D eigenvalue weighted by Gasteiger charge is 2.30. The highest BCUT2D eigenvalue weighted by Crippen LogP contribution is 2.50. The number of nitrogens with zero attached hydrogens (tertiary/aromatic N) is 1. The van der Waals surface area contributed by atoms with Crippen LogP contribution < -0.4 is 19.1 Å². The first-order chi connectivity index (χ1) is 31.1. The molecular formula is C57H36F3NO3. The van der Waals surface area contributed by atoms with Crippen LogP contribution in [-0.2, 0) is 6.18 Å². The molecule has 0 aromatic heterocycles. The quantitative estimate of drug-likeness (QED) is 0.162. The molecule has 0 fully saturated rings. The minimum Gasteiger partial charge on any atom is -0.497 e. The molecule has 1 heterocycles. The number of rotatable bonds is 2. The van der Waals surface area contributed by atoms with Crippen LogP contribution in [0.15, 0.2) is 152 Å². The number of fused-ring (bicyclic) bond motifs is 7. The highest BCUT2D eigenvalue weighted by molar-refractivity contribution is 6.12. The summed E-state index contributed by atoms with van der Waals surface area (Å²) in [6, 6.07) is 46.2. The van der Waals surface area contributed by atoms with E-state index in [1.54, 1.807) is 7.11 Å². The second-order valence-electron chi connectivity index (χ2n) is 15.1. The number of alkyl halides is 3. The summed E-state index contributed by atoms with van der Waals surface area (Å²) in [6.07, 6.45) is -4.46. The van der Waals surface area contributed by atoms with Gasteiger partial charge < -0.3 is 19.1 Å². The number of hydrogen-bond donors (Lipinski definition) is 0. The third-order valence-corrected chi connectivity index (χ3v) is 10.7. The lowest BCUT2D eigenvalue weighted by Crippen LogP contribution is -2.07. The zero-order valence-electron chi connectivity index (χ0n) is 34.9. The van der Waals surface area contributed by atoms with Gasteiger partial charge in [-0.3, -0.25) is 0 Å². The maximum atomic E-state index is 13.4. The van der Waals surface area contributed by atoms with Crippen LogP contribution in [-0.4, -0.2) is 28.0 Å². The van der Waals surface area contributed by atoms with Gasteiger partial charge in [-0.1, -0.05) is 77.7 Å². The van der Waals surface area contributed by atoms with E-state index in [-0.39, 0.29) is 6.79 Å². The average Bonchev–Trinajstić information content (AvgIpc) is 3.52. The van der Waals surface area contributed by atoms with Gasteiger partial charge in [0.25, 0.3) is 0 Å². The monoisotopic (exact) mass is 839 g/mol. The summed E-state index contributed by atoms with van der Waals surface area (Å²) in [7, 11) is 5.62. The van der Waals surface area contributed by atoms with Crippen LogP contribution in [0.2, 0.25) is 0 Å². The van der Waals surface area contributed by atoms with E-state index in [4.69, 9.17) is 14.2 Å². The maximum Gasteiger partial charge on any atom is 0.416 e. The molecule has 0 bridgehead atoms. The number of hydrogen-bond acceptors (Lipinski definition) is 4. The Morgan fingerprint density at radius 2 is 0.906 bits per heavy atom. The van der Waals surface area contributed by atoms with Gasteiger partial charge in [0.15, 0.2) is 0 Å². The molecule has 7 heteroatoms. The summed E-state index contributed by atoms with van der Waals surface area (Å²) in [4.78, 5) is 2.04. The summed E-state index contributed by atoms with van der Waals surface area (Å²) >= 11 is 0. The largest absolute Gasteiger partial charge is 0.497 e. The van der Waals surface area contributed by atoms with Gasteiger partial charge in [0.2, 0.25) is 6.79 Å². The fourth-order valence-electron chi connectivity index (χ4n) is 7.41. The summed E-state index contributed by atoms with van der Waals surface area (Å²) in [5.41, 5.74) is 7.58. The minimum absolute atomic E-state index is 0.145. The van der Waals surface area contributed by atoms with Crippen LogP contribution in [0.3, 0.4) is 0 Å². The van der Waals surface area contributed by atoms with E-state index in [1.165, 1.54) is 12.1 Å². The standard InChI is InChI=1S/C57H36F3NO3/c1-61(2)49-27-17-39(18-28-49)9-11-42-21-31-52-47(33-42)36-45(24-14-41-15-25-48(26-16-41)57(58,59)60)56-54(52)53-51-32-22-43(12-10-40-19-29-50(62-3)30-20-40)34-46(51)35-44(55(53)63-37-64-56)23-13-38-7-5-4-6-8-38/h4-8,15-22,25-36H,37H2,1-3H3. The lowest BCUT2D eigenvalue weighted by atomic mass is 9.88. The zero-order chi connectivity index (χ0) is 44.2. The van der Waals surface area contributed by atoms with Crippen molar-refractivity contribution in [2.45, 2.75) is 6.18 Å². The van der Waals surface area contributed by atoms with Gasteiger partial charge in [0.05, 0.1) is 23.8 Å². The molecule has 1 aliphatic rings. The van der Waals surface area contributed by atoms with Crippen molar-refractivity contribution in [1.29, 1.82) is 0 Å².